The van der Waals surface area contributed by atoms with Gasteiger partial charge in [0.1, 0.15) is 17.2 Å². The van der Waals surface area contributed by atoms with Crippen LogP contribution in [0.1, 0.15) is 4.88 Å². The van der Waals surface area contributed by atoms with E-state index in [1.165, 1.54) is 46.5 Å². The summed E-state index contributed by atoms with van der Waals surface area (Å²) in [7, 11) is 0. The normalized spacial score (nSPS) is 10.7. The minimum absolute atomic E-state index is 0.236. The largest absolute Gasteiger partial charge is 0.345 e. The van der Waals surface area contributed by atoms with Crippen LogP contribution < -0.4 is 16.2 Å². The SMILES string of the molecule is Cc1cc2c(=O)n(CC(=O)NCC(=O)Nc3ccc(F)cc3)cnc2s1. The van der Waals surface area contributed by atoms with Crippen LogP contribution in [0.15, 0.2) is 41.5 Å². The molecule has 0 atom stereocenters. The predicted octanol–water partition coefficient (Wildman–Crippen LogP) is 1.66. The summed E-state index contributed by atoms with van der Waals surface area (Å²) in [5.41, 5.74) is 0.120. The van der Waals surface area contributed by atoms with Crippen LogP contribution in [0.2, 0.25) is 0 Å². The molecule has 3 aromatic rings. The molecule has 2 N–H and O–H groups in total. The first-order valence-corrected chi connectivity index (χ1v) is 8.52. The van der Waals surface area contributed by atoms with Crippen LogP contribution in [0, 0.1) is 12.7 Å². The van der Waals surface area contributed by atoms with Gasteiger partial charge in [-0.15, -0.1) is 11.3 Å². The van der Waals surface area contributed by atoms with Gasteiger partial charge in [-0.1, -0.05) is 0 Å². The number of carbonyl (C=O) groups is 2. The van der Waals surface area contributed by atoms with Gasteiger partial charge in [0, 0.05) is 10.6 Å². The molecule has 2 heterocycles. The van der Waals surface area contributed by atoms with Crippen LogP contribution in [0.5, 0.6) is 0 Å². The van der Waals surface area contributed by atoms with Gasteiger partial charge in [0.15, 0.2) is 0 Å². The van der Waals surface area contributed by atoms with E-state index < -0.39 is 17.6 Å². The van der Waals surface area contributed by atoms with Crippen LogP contribution >= 0.6 is 11.3 Å². The first kappa shape index (κ1) is 17.7. The smallest absolute Gasteiger partial charge is 0.262 e. The number of aromatic nitrogens is 2. The second-order valence-corrected chi connectivity index (χ2v) is 6.82. The Morgan fingerprint density at radius 2 is 1.96 bits per heavy atom. The molecule has 0 unspecified atom stereocenters. The highest BCUT2D eigenvalue weighted by Gasteiger charge is 2.11. The van der Waals surface area contributed by atoms with Crippen LogP contribution in [0.25, 0.3) is 10.2 Å². The Hall–Kier alpha value is -3.07. The topological polar surface area (TPSA) is 93.1 Å². The zero-order valence-electron chi connectivity index (χ0n) is 13.8. The summed E-state index contributed by atoms with van der Waals surface area (Å²) >= 11 is 1.41. The number of fused-ring (bicyclic) bond motifs is 1. The Kier molecular flexibility index (Phi) is 5.08. The summed E-state index contributed by atoms with van der Waals surface area (Å²) in [6.45, 7) is 1.38. The second kappa shape index (κ2) is 7.44. The van der Waals surface area contributed by atoms with Crippen molar-refractivity contribution >= 4 is 39.1 Å². The summed E-state index contributed by atoms with van der Waals surface area (Å²) in [6, 6.07) is 7.00. The third-order valence-electron chi connectivity index (χ3n) is 3.53. The van der Waals surface area contributed by atoms with Crippen molar-refractivity contribution in [2.45, 2.75) is 13.5 Å². The lowest BCUT2D eigenvalue weighted by molar-refractivity contribution is -0.124. The van der Waals surface area contributed by atoms with E-state index in [1.54, 1.807) is 6.07 Å². The van der Waals surface area contributed by atoms with Gasteiger partial charge in [-0.3, -0.25) is 19.0 Å². The minimum atomic E-state index is -0.491. The van der Waals surface area contributed by atoms with Crippen LogP contribution in [0.4, 0.5) is 10.1 Å². The maximum absolute atomic E-state index is 12.8. The molecule has 2 amide bonds. The Bertz CT molecular complexity index is 1030. The van der Waals surface area contributed by atoms with Gasteiger partial charge in [0.25, 0.3) is 5.56 Å². The van der Waals surface area contributed by atoms with Crippen LogP contribution in [-0.4, -0.2) is 27.9 Å². The van der Waals surface area contributed by atoms with Crippen molar-refractivity contribution in [2.75, 3.05) is 11.9 Å². The fraction of sp³-hybridized carbons (Fsp3) is 0.176. The lowest BCUT2D eigenvalue weighted by Crippen LogP contribution is -2.37. The second-order valence-electron chi connectivity index (χ2n) is 5.59. The number of amides is 2. The van der Waals surface area contributed by atoms with Crippen LogP contribution in [-0.2, 0) is 16.1 Å². The molecule has 0 saturated heterocycles. The first-order chi connectivity index (χ1) is 12.4. The summed E-state index contributed by atoms with van der Waals surface area (Å²) in [6.07, 6.45) is 1.32. The summed E-state index contributed by atoms with van der Waals surface area (Å²) in [5.74, 6) is -1.36. The number of rotatable bonds is 5. The molecule has 0 spiro atoms. The van der Waals surface area contributed by atoms with Gasteiger partial charge in [0.2, 0.25) is 11.8 Å². The Balaban J connectivity index is 1.57. The van der Waals surface area contributed by atoms with Crippen molar-refractivity contribution in [3.63, 3.8) is 0 Å². The minimum Gasteiger partial charge on any atom is -0.345 e. The van der Waals surface area contributed by atoms with Gasteiger partial charge in [-0.05, 0) is 37.3 Å². The maximum Gasteiger partial charge on any atom is 0.262 e. The summed E-state index contributed by atoms with van der Waals surface area (Å²) in [4.78, 5) is 41.9. The first-order valence-electron chi connectivity index (χ1n) is 7.70. The predicted molar refractivity (Wildman–Crippen MR) is 96.7 cm³/mol. The number of benzene rings is 1. The number of carbonyl (C=O) groups excluding carboxylic acids is 2. The highest BCUT2D eigenvalue weighted by molar-refractivity contribution is 7.18. The Morgan fingerprint density at radius 1 is 1.23 bits per heavy atom. The highest BCUT2D eigenvalue weighted by Crippen LogP contribution is 2.19. The number of aryl methyl sites for hydroxylation is 1. The van der Waals surface area contributed by atoms with Crippen molar-refractivity contribution in [3.8, 4) is 0 Å². The molecule has 134 valence electrons. The van der Waals surface area contributed by atoms with Gasteiger partial charge >= 0.3 is 0 Å². The zero-order chi connectivity index (χ0) is 18.7. The van der Waals surface area contributed by atoms with E-state index in [0.29, 0.717) is 15.9 Å². The third-order valence-corrected chi connectivity index (χ3v) is 4.49. The molecule has 9 heteroatoms. The van der Waals surface area contributed by atoms with Crippen LogP contribution in [0.3, 0.4) is 0 Å². The van der Waals surface area contributed by atoms with Gasteiger partial charge < -0.3 is 10.6 Å². The Labute approximate surface area is 151 Å². The number of nitrogens with one attached hydrogen (secondary N) is 2. The average molecular weight is 374 g/mol. The number of thiophene rings is 1. The zero-order valence-corrected chi connectivity index (χ0v) is 14.6. The molecule has 0 aliphatic heterocycles. The lowest BCUT2D eigenvalue weighted by Gasteiger charge is -2.08. The third kappa shape index (κ3) is 4.12. The molecule has 3 rings (SSSR count). The fourth-order valence-corrected chi connectivity index (χ4v) is 3.16. The van der Waals surface area contributed by atoms with E-state index >= 15 is 0 Å². The maximum atomic E-state index is 12.8. The number of hydrogen-bond donors (Lipinski definition) is 2. The van der Waals surface area contributed by atoms with E-state index in [1.807, 2.05) is 6.92 Å². The molecule has 7 nitrogen and oxygen atoms in total. The standard InChI is InChI=1S/C17H15FN4O3S/c1-10-6-13-16(26-10)20-9-22(17(13)25)8-15(24)19-7-14(23)21-12-4-2-11(18)3-5-12/h2-6,9H,7-8H2,1H3,(H,19,24)(H,21,23). The summed E-state index contributed by atoms with van der Waals surface area (Å²) < 4.78 is 14.0. The molecule has 0 radical (unpaired) electrons. The molecular weight excluding hydrogens is 359 g/mol. The van der Waals surface area contributed by atoms with Gasteiger partial charge in [0.05, 0.1) is 18.3 Å². The van der Waals surface area contributed by atoms with E-state index in [-0.39, 0.29) is 18.6 Å². The van der Waals surface area contributed by atoms with Crippen molar-refractivity contribution in [1.82, 2.24) is 14.9 Å². The number of nitrogens with zero attached hydrogens (tertiary/aromatic N) is 2. The van der Waals surface area contributed by atoms with E-state index in [9.17, 15) is 18.8 Å². The molecule has 0 aliphatic carbocycles. The number of halogens is 1. The van der Waals surface area contributed by atoms with Crippen molar-refractivity contribution in [2.24, 2.45) is 0 Å². The molecule has 2 aromatic heterocycles. The highest BCUT2D eigenvalue weighted by atomic mass is 32.1. The monoisotopic (exact) mass is 374 g/mol. The fourth-order valence-electron chi connectivity index (χ4n) is 2.32. The summed E-state index contributed by atoms with van der Waals surface area (Å²) in [5, 5.41) is 5.43. The average Bonchev–Trinajstić information content (AvgIpc) is 2.99. The van der Waals surface area contributed by atoms with E-state index in [0.717, 1.165) is 4.88 Å². The van der Waals surface area contributed by atoms with E-state index in [4.69, 9.17) is 0 Å². The molecule has 0 saturated carbocycles. The Morgan fingerprint density at radius 3 is 2.69 bits per heavy atom. The molecule has 0 bridgehead atoms. The van der Waals surface area contributed by atoms with Crippen molar-refractivity contribution in [3.05, 3.63) is 57.7 Å². The quantitative estimate of drug-likeness (QED) is 0.710. The molecular formula is C17H15FN4O3S. The van der Waals surface area contributed by atoms with Crippen molar-refractivity contribution < 1.29 is 14.0 Å². The molecule has 1 aromatic carbocycles. The number of hydrogen-bond acceptors (Lipinski definition) is 5. The lowest BCUT2D eigenvalue weighted by atomic mass is 10.3. The number of anilines is 1. The van der Waals surface area contributed by atoms with Crippen molar-refractivity contribution in [1.29, 1.82) is 0 Å². The van der Waals surface area contributed by atoms with Gasteiger partial charge in [-0.2, -0.15) is 0 Å². The molecule has 0 aliphatic rings. The molecule has 26 heavy (non-hydrogen) atoms. The van der Waals surface area contributed by atoms with Gasteiger partial charge in [-0.25, -0.2) is 9.37 Å². The van der Waals surface area contributed by atoms with E-state index in [2.05, 4.69) is 15.6 Å². The molecule has 0 fully saturated rings.